The van der Waals surface area contributed by atoms with Crippen molar-refractivity contribution in [3.63, 3.8) is 0 Å². The van der Waals surface area contributed by atoms with E-state index in [0.717, 1.165) is 47.4 Å². The van der Waals surface area contributed by atoms with E-state index in [1.807, 2.05) is 6.92 Å². The molecular weight excluding hydrogens is 322 g/mol. The highest BCUT2D eigenvalue weighted by Crippen LogP contribution is 2.42. The number of rotatable bonds is 8. The van der Waals surface area contributed by atoms with Crippen molar-refractivity contribution >= 4 is 15.9 Å². The highest BCUT2D eigenvalue weighted by molar-refractivity contribution is 7.88. The van der Waals surface area contributed by atoms with Crippen LogP contribution in [0.1, 0.15) is 66.2 Å². The molecule has 0 aliphatic heterocycles. The Kier molecular flexibility index (Phi) is 7.26. The van der Waals surface area contributed by atoms with E-state index in [1.165, 1.54) is 0 Å². The average molecular weight is 356 g/mol. The third kappa shape index (κ3) is 5.47. The third-order valence-electron chi connectivity index (χ3n) is 4.46. The van der Waals surface area contributed by atoms with Crippen molar-refractivity contribution in [3.05, 3.63) is 23.8 Å². The van der Waals surface area contributed by atoms with Crippen molar-refractivity contribution in [3.8, 4) is 0 Å². The molecule has 24 heavy (non-hydrogen) atoms. The van der Waals surface area contributed by atoms with Crippen LogP contribution in [0.3, 0.4) is 0 Å². The zero-order chi connectivity index (χ0) is 18.5. The summed E-state index contributed by atoms with van der Waals surface area (Å²) in [6, 6.07) is 0. The van der Waals surface area contributed by atoms with Gasteiger partial charge in [-0.05, 0) is 31.1 Å². The van der Waals surface area contributed by atoms with Gasteiger partial charge >= 0.3 is 0 Å². The summed E-state index contributed by atoms with van der Waals surface area (Å²) in [6.45, 7) is 12.8. The molecule has 0 aromatic rings. The summed E-state index contributed by atoms with van der Waals surface area (Å²) in [5.74, 6) is -0.815. The zero-order valence-corrected chi connectivity index (χ0v) is 16.7. The molecule has 1 atom stereocenters. The fourth-order valence-electron chi connectivity index (χ4n) is 3.40. The number of unbranched alkanes of at least 4 members (excludes halogenated alkanes) is 2. The van der Waals surface area contributed by atoms with Crippen molar-refractivity contribution in [2.75, 3.05) is 12.8 Å². The van der Waals surface area contributed by atoms with E-state index >= 15 is 0 Å². The first-order chi connectivity index (χ1) is 11.0. The standard InChI is InChI=1S/C19H33NO3S/c1-7-9-11-16-14-19(4,5)13-15(3)17(16)18(21)20(12-10-8-2)24(6,22)23/h14,17H,3,7-13H2,1-2,4-6H3. The summed E-state index contributed by atoms with van der Waals surface area (Å²) in [7, 11) is -3.57. The molecule has 5 heteroatoms. The van der Waals surface area contributed by atoms with Crippen LogP contribution in [0.5, 0.6) is 0 Å². The Morgan fingerprint density at radius 1 is 1.29 bits per heavy atom. The molecule has 0 aromatic carbocycles. The van der Waals surface area contributed by atoms with Crippen LogP contribution in [-0.4, -0.2) is 31.4 Å². The lowest BCUT2D eigenvalue weighted by atomic mass is 9.70. The van der Waals surface area contributed by atoms with Gasteiger partial charge in [0.2, 0.25) is 15.9 Å². The second-order valence-corrected chi connectivity index (χ2v) is 9.51. The van der Waals surface area contributed by atoms with E-state index in [4.69, 9.17) is 0 Å². The van der Waals surface area contributed by atoms with Crippen LogP contribution in [0.25, 0.3) is 0 Å². The maximum atomic E-state index is 13.1. The summed E-state index contributed by atoms with van der Waals surface area (Å²) < 4.78 is 25.3. The highest BCUT2D eigenvalue weighted by Gasteiger charge is 2.38. The average Bonchev–Trinajstić information content (AvgIpc) is 2.42. The highest BCUT2D eigenvalue weighted by atomic mass is 32.2. The number of allylic oxidation sites excluding steroid dienone is 1. The number of hydrogen-bond donors (Lipinski definition) is 0. The van der Waals surface area contributed by atoms with Gasteiger partial charge in [0.1, 0.15) is 0 Å². The molecule has 0 saturated carbocycles. The molecule has 0 heterocycles. The quantitative estimate of drug-likeness (QED) is 0.610. The summed E-state index contributed by atoms with van der Waals surface area (Å²) in [5.41, 5.74) is 1.84. The first-order valence-corrected chi connectivity index (χ1v) is 10.8. The number of hydrogen-bond acceptors (Lipinski definition) is 3. The predicted octanol–water partition coefficient (Wildman–Crippen LogP) is 4.29. The monoisotopic (exact) mass is 355 g/mol. The van der Waals surface area contributed by atoms with Crippen LogP contribution < -0.4 is 0 Å². The first kappa shape index (κ1) is 20.9. The molecule has 0 radical (unpaired) electrons. The lowest BCUT2D eigenvalue weighted by Crippen LogP contribution is -2.43. The minimum absolute atomic E-state index is 0.0315. The molecular formula is C19H33NO3S. The molecule has 4 nitrogen and oxygen atoms in total. The van der Waals surface area contributed by atoms with E-state index < -0.39 is 15.9 Å². The molecule has 0 bridgehead atoms. The summed E-state index contributed by atoms with van der Waals surface area (Å²) in [6.07, 6.45) is 8.37. The maximum absolute atomic E-state index is 13.1. The zero-order valence-electron chi connectivity index (χ0n) is 15.9. The number of sulfonamides is 1. The fraction of sp³-hybridized carbons (Fsp3) is 0.737. The third-order valence-corrected chi connectivity index (χ3v) is 5.63. The van der Waals surface area contributed by atoms with Crippen LogP contribution in [0.4, 0.5) is 0 Å². The van der Waals surface area contributed by atoms with Gasteiger partial charge in [-0.15, -0.1) is 0 Å². The number of nitrogens with zero attached hydrogens (tertiary/aromatic N) is 1. The number of carbonyl (C=O) groups excluding carboxylic acids is 1. The van der Waals surface area contributed by atoms with Gasteiger partial charge in [-0.1, -0.05) is 64.3 Å². The van der Waals surface area contributed by atoms with Crippen LogP contribution >= 0.6 is 0 Å². The molecule has 0 fully saturated rings. The lowest BCUT2D eigenvalue weighted by Gasteiger charge is -2.37. The lowest BCUT2D eigenvalue weighted by molar-refractivity contribution is -0.128. The Morgan fingerprint density at radius 3 is 2.38 bits per heavy atom. The van der Waals surface area contributed by atoms with Crippen LogP contribution in [0.2, 0.25) is 0 Å². The molecule has 0 aromatic heterocycles. The second kappa shape index (κ2) is 8.32. The van der Waals surface area contributed by atoms with E-state index in [2.05, 4.69) is 33.4 Å². The van der Waals surface area contributed by atoms with Gasteiger partial charge in [0.25, 0.3) is 0 Å². The molecule has 1 unspecified atom stereocenters. The van der Waals surface area contributed by atoms with Crippen LogP contribution in [0, 0.1) is 11.3 Å². The molecule has 1 aliphatic rings. The van der Waals surface area contributed by atoms with E-state index in [9.17, 15) is 13.2 Å². The number of amides is 1. The van der Waals surface area contributed by atoms with Crippen LogP contribution in [0.15, 0.2) is 23.8 Å². The topological polar surface area (TPSA) is 54.5 Å². The van der Waals surface area contributed by atoms with Crippen molar-refractivity contribution < 1.29 is 13.2 Å². The maximum Gasteiger partial charge on any atom is 0.247 e. The van der Waals surface area contributed by atoms with E-state index in [1.54, 1.807) is 0 Å². The smallest absolute Gasteiger partial charge is 0.247 e. The largest absolute Gasteiger partial charge is 0.273 e. The molecule has 0 saturated heterocycles. The molecule has 0 N–H and O–H groups in total. The SMILES string of the molecule is C=C1CC(C)(C)C=C(CCCC)C1C(=O)N(CCCC)S(C)(=O)=O. The number of carbonyl (C=O) groups is 1. The first-order valence-electron chi connectivity index (χ1n) is 8.94. The van der Waals surface area contributed by atoms with Crippen LogP contribution in [-0.2, 0) is 14.8 Å². The van der Waals surface area contributed by atoms with Crippen molar-refractivity contribution in [2.45, 2.75) is 66.2 Å². The van der Waals surface area contributed by atoms with Gasteiger partial charge in [0.05, 0.1) is 12.2 Å². The molecule has 1 rings (SSSR count). The Morgan fingerprint density at radius 2 is 1.88 bits per heavy atom. The van der Waals surface area contributed by atoms with E-state index in [-0.39, 0.29) is 17.9 Å². The second-order valence-electron chi connectivity index (χ2n) is 7.61. The van der Waals surface area contributed by atoms with Crippen molar-refractivity contribution in [2.24, 2.45) is 11.3 Å². The fourth-order valence-corrected chi connectivity index (χ4v) is 4.29. The van der Waals surface area contributed by atoms with Gasteiger partial charge in [-0.2, -0.15) is 0 Å². The molecule has 138 valence electrons. The van der Waals surface area contributed by atoms with Gasteiger partial charge in [-0.25, -0.2) is 12.7 Å². The van der Waals surface area contributed by atoms with Gasteiger partial charge < -0.3 is 0 Å². The Labute approximate surface area is 148 Å². The summed E-state index contributed by atoms with van der Waals surface area (Å²) in [4.78, 5) is 13.1. The van der Waals surface area contributed by atoms with Gasteiger partial charge in [-0.3, -0.25) is 4.79 Å². The van der Waals surface area contributed by atoms with Gasteiger partial charge in [0, 0.05) is 6.54 Å². The normalized spacial score (nSPS) is 20.6. The van der Waals surface area contributed by atoms with Crippen molar-refractivity contribution in [1.82, 2.24) is 4.31 Å². The minimum Gasteiger partial charge on any atom is -0.273 e. The summed E-state index contributed by atoms with van der Waals surface area (Å²) >= 11 is 0. The molecule has 1 amide bonds. The van der Waals surface area contributed by atoms with Gasteiger partial charge in [0.15, 0.2) is 0 Å². The Balaban J connectivity index is 3.21. The molecule has 1 aliphatic carbocycles. The van der Waals surface area contributed by atoms with E-state index in [0.29, 0.717) is 12.8 Å². The Bertz CT molecular complexity index is 602. The minimum atomic E-state index is -3.57. The summed E-state index contributed by atoms with van der Waals surface area (Å²) in [5, 5.41) is 0. The molecule has 0 spiro atoms. The van der Waals surface area contributed by atoms with Crippen molar-refractivity contribution in [1.29, 1.82) is 0 Å². The Hall–Kier alpha value is -1.10. The predicted molar refractivity (Wildman–Crippen MR) is 100 cm³/mol.